The van der Waals surface area contributed by atoms with Gasteiger partial charge in [-0.2, -0.15) is 4.31 Å². The lowest BCUT2D eigenvalue weighted by Gasteiger charge is -2.35. The van der Waals surface area contributed by atoms with Crippen LogP contribution in [-0.2, 0) is 14.8 Å². The van der Waals surface area contributed by atoms with Crippen LogP contribution in [0.1, 0.15) is 30.4 Å². The molecule has 0 radical (unpaired) electrons. The second-order valence-corrected chi connectivity index (χ2v) is 9.31. The van der Waals surface area contributed by atoms with Crippen molar-refractivity contribution in [1.82, 2.24) is 14.1 Å². The number of hydrogen-bond donors (Lipinski definition) is 0. The van der Waals surface area contributed by atoms with Gasteiger partial charge in [-0.1, -0.05) is 6.07 Å². The molecular formula is C19H29N3O3S. The fraction of sp³-hybridized carbons (Fsp3) is 0.632. The minimum absolute atomic E-state index is 0.176. The van der Waals surface area contributed by atoms with Crippen molar-refractivity contribution >= 4 is 15.9 Å². The van der Waals surface area contributed by atoms with Gasteiger partial charge in [-0.3, -0.25) is 9.69 Å². The van der Waals surface area contributed by atoms with Crippen LogP contribution >= 0.6 is 0 Å². The summed E-state index contributed by atoms with van der Waals surface area (Å²) in [6, 6.07) is 5.29. The molecule has 144 valence electrons. The van der Waals surface area contributed by atoms with Crippen molar-refractivity contribution in [3.8, 4) is 0 Å². The number of benzene rings is 1. The van der Waals surface area contributed by atoms with Crippen LogP contribution in [0.5, 0.6) is 0 Å². The van der Waals surface area contributed by atoms with Crippen molar-refractivity contribution in [2.45, 2.75) is 38.0 Å². The molecule has 0 aromatic heterocycles. The number of piperazine rings is 1. The Kier molecular flexibility index (Phi) is 5.99. The first kappa shape index (κ1) is 19.3. The number of carbonyl (C=O) groups excluding carboxylic acids is 1. The smallest absolute Gasteiger partial charge is 0.243 e. The van der Waals surface area contributed by atoms with Crippen molar-refractivity contribution in [2.24, 2.45) is 0 Å². The average molecular weight is 380 g/mol. The molecule has 7 heteroatoms. The second-order valence-electron chi connectivity index (χ2n) is 7.37. The third kappa shape index (κ3) is 4.27. The first-order chi connectivity index (χ1) is 12.4. The number of carbonyl (C=O) groups is 1. The Bertz CT molecular complexity index is 749. The van der Waals surface area contributed by atoms with Crippen LogP contribution in [0.15, 0.2) is 23.1 Å². The molecule has 0 unspecified atom stereocenters. The predicted octanol–water partition coefficient (Wildman–Crippen LogP) is 1.62. The van der Waals surface area contributed by atoms with Gasteiger partial charge in [0.1, 0.15) is 0 Å². The molecule has 0 atom stereocenters. The van der Waals surface area contributed by atoms with E-state index in [0.717, 1.165) is 37.1 Å². The van der Waals surface area contributed by atoms with Crippen molar-refractivity contribution in [1.29, 1.82) is 0 Å². The van der Waals surface area contributed by atoms with Crippen LogP contribution in [0.3, 0.4) is 0 Å². The third-order valence-electron chi connectivity index (χ3n) is 5.52. The fourth-order valence-electron chi connectivity index (χ4n) is 3.59. The average Bonchev–Trinajstić information content (AvgIpc) is 2.65. The summed E-state index contributed by atoms with van der Waals surface area (Å²) in [6.45, 7) is 8.10. The Balaban J connectivity index is 1.57. The summed E-state index contributed by atoms with van der Waals surface area (Å²) >= 11 is 0. The highest BCUT2D eigenvalue weighted by atomic mass is 32.2. The molecule has 0 N–H and O–H groups in total. The van der Waals surface area contributed by atoms with E-state index >= 15 is 0 Å². The van der Waals surface area contributed by atoms with Crippen molar-refractivity contribution in [3.63, 3.8) is 0 Å². The highest BCUT2D eigenvalue weighted by Crippen LogP contribution is 2.20. The molecule has 1 aromatic rings. The molecule has 0 saturated carbocycles. The van der Waals surface area contributed by atoms with Gasteiger partial charge >= 0.3 is 0 Å². The molecule has 1 amide bonds. The summed E-state index contributed by atoms with van der Waals surface area (Å²) in [4.78, 5) is 16.8. The topological polar surface area (TPSA) is 60.9 Å². The zero-order valence-corrected chi connectivity index (χ0v) is 16.6. The van der Waals surface area contributed by atoms with Crippen LogP contribution < -0.4 is 0 Å². The largest absolute Gasteiger partial charge is 0.342 e. The third-order valence-corrected chi connectivity index (χ3v) is 7.41. The molecule has 0 aliphatic carbocycles. The van der Waals surface area contributed by atoms with E-state index in [1.807, 2.05) is 24.8 Å². The van der Waals surface area contributed by atoms with E-state index in [1.54, 1.807) is 16.4 Å². The van der Waals surface area contributed by atoms with E-state index in [0.29, 0.717) is 37.6 Å². The highest BCUT2D eigenvalue weighted by Gasteiger charge is 2.30. The maximum Gasteiger partial charge on any atom is 0.243 e. The first-order valence-corrected chi connectivity index (χ1v) is 10.9. The maximum absolute atomic E-state index is 12.9. The molecule has 3 rings (SSSR count). The highest BCUT2D eigenvalue weighted by molar-refractivity contribution is 7.89. The lowest BCUT2D eigenvalue weighted by Crippen LogP contribution is -2.51. The molecule has 2 saturated heterocycles. The van der Waals surface area contributed by atoms with Gasteiger partial charge in [0, 0.05) is 39.3 Å². The van der Waals surface area contributed by atoms with Gasteiger partial charge in [-0.05, 0) is 56.4 Å². The van der Waals surface area contributed by atoms with Crippen LogP contribution in [-0.4, -0.2) is 74.2 Å². The van der Waals surface area contributed by atoms with E-state index in [-0.39, 0.29) is 5.91 Å². The zero-order valence-electron chi connectivity index (χ0n) is 15.8. The SMILES string of the molecule is Cc1ccc(S(=O)(=O)N2CCN(CC(=O)N3CCCCC3)CC2)cc1C. The second kappa shape index (κ2) is 8.06. The van der Waals surface area contributed by atoms with Crippen LogP contribution in [0.25, 0.3) is 0 Å². The summed E-state index contributed by atoms with van der Waals surface area (Å²) < 4.78 is 27.3. The van der Waals surface area contributed by atoms with Gasteiger partial charge < -0.3 is 4.90 Å². The van der Waals surface area contributed by atoms with Crippen molar-refractivity contribution in [2.75, 3.05) is 45.8 Å². The van der Waals surface area contributed by atoms with E-state index in [4.69, 9.17) is 0 Å². The lowest BCUT2D eigenvalue weighted by molar-refractivity contribution is -0.133. The van der Waals surface area contributed by atoms with Crippen LogP contribution in [0.4, 0.5) is 0 Å². The molecule has 0 spiro atoms. The van der Waals surface area contributed by atoms with E-state index in [2.05, 4.69) is 4.90 Å². The lowest BCUT2D eigenvalue weighted by atomic mass is 10.1. The van der Waals surface area contributed by atoms with Gasteiger partial charge in [0.05, 0.1) is 11.4 Å². The minimum atomic E-state index is -3.46. The van der Waals surface area contributed by atoms with E-state index in [9.17, 15) is 13.2 Å². The summed E-state index contributed by atoms with van der Waals surface area (Å²) in [5.41, 5.74) is 2.07. The standard InChI is InChI=1S/C19H29N3O3S/c1-16-6-7-18(14-17(16)2)26(24,25)22-12-10-20(11-13-22)15-19(23)21-8-4-3-5-9-21/h6-7,14H,3-5,8-13,15H2,1-2H3. The number of piperidine rings is 1. The number of nitrogens with zero attached hydrogens (tertiary/aromatic N) is 3. The number of rotatable bonds is 4. The Morgan fingerprint density at radius 2 is 1.58 bits per heavy atom. The molecule has 1 aromatic carbocycles. The maximum atomic E-state index is 12.9. The monoisotopic (exact) mass is 379 g/mol. The number of aryl methyl sites for hydroxylation is 2. The van der Waals surface area contributed by atoms with Gasteiger partial charge in [-0.15, -0.1) is 0 Å². The van der Waals surface area contributed by atoms with E-state index < -0.39 is 10.0 Å². The number of sulfonamides is 1. The first-order valence-electron chi connectivity index (χ1n) is 9.45. The predicted molar refractivity (Wildman–Crippen MR) is 102 cm³/mol. The van der Waals surface area contributed by atoms with Gasteiger partial charge in [0.25, 0.3) is 0 Å². The van der Waals surface area contributed by atoms with Gasteiger partial charge in [-0.25, -0.2) is 8.42 Å². The summed E-state index contributed by atoms with van der Waals surface area (Å²) in [5.74, 6) is 0.176. The van der Waals surface area contributed by atoms with Gasteiger partial charge in [0.15, 0.2) is 0 Å². The summed E-state index contributed by atoms with van der Waals surface area (Å²) in [6.07, 6.45) is 3.39. The Hall–Kier alpha value is -1.44. The Labute approximate surface area is 156 Å². The molecule has 2 aliphatic rings. The fourth-order valence-corrected chi connectivity index (χ4v) is 5.09. The molecule has 2 heterocycles. The van der Waals surface area contributed by atoms with Gasteiger partial charge in [0.2, 0.25) is 15.9 Å². The van der Waals surface area contributed by atoms with E-state index in [1.165, 1.54) is 6.42 Å². The van der Waals surface area contributed by atoms with Crippen LogP contribution in [0, 0.1) is 13.8 Å². The summed E-state index contributed by atoms with van der Waals surface area (Å²) in [7, 11) is -3.46. The minimum Gasteiger partial charge on any atom is -0.342 e. The molecular weight excluding hydrogens is 350 g/mol. The Morgan fingerprint density at radius 1 is 0.923 bits per heavy atom. The Morgan fingerprint density at radius 3 is 2.19 bits per heavy atom. The van der Waals surface area contributed by atoms with Crippen molar-refractivity contribution in [3.05, 3.63) is 29.3 Å². The van der Waals surface area contributed by atoms with Crippen molar-refractivity contribution < 1.29 is 13.2 Å². The molecule has 0 bridgehead atoms. The number of hydrogen-bond acceptors (Lipinski definition) is 4. The molecule has 2 aliphatic heterocycles. The normalized spacial score (nSPS) is 20.3. The zero-order chi connectivity index (χ0) is 18.7. The molecule has 26 heavy (non-hydrogen) atoms. The quantitative estimate of drug-likeness (QED) is 0.798. The van der Waals surface area contributed by atoms with Crippen LogP contribution in [0.2, 0.25) is 0 Å². The number of likely N-dealkylation sites (tertiary alicyclic amines) is 1. The molecule has 6 nitrogen and oxygen atoms in total. The number of amides is 1. The molecule has 2 fully saturated rings. The summed E-state index contributed by atoms with van der Waals surface area (Å²) in [5, 5.41) is 0.